The number of rotatable bonds is 9. The third-order valence-electron chi connectivity index (χ3n) is 2.56. The van der Waals surface area contributed by atoms with Crippen LogP contribution in [0.25, 0.3) is 0 Å². The molecule has 0 saturated carbocycles. The minimum atomic E-state index is -0.639. The van der Waals surface area contributed by atoms with Gasteiger partial charge in [-0.15, -0.1) is 0 Å². The van der Waals surface area contributed by atoms with Gasteiger partial charge in [0.25, 0.3) is 0 Å². The summed E-state index contributed by atoms with van der Waals surface area (Å²) in [5, 5.41) is 5.22. The summed E-state index contributed by atoms with van der Waals surface area (Å²) in [6, 6.07) is -1.16. The molecule has 0 aliphatic rings. The highest BCUT2D eigenvalue weighted by atomic mass is 16.5. The second-order valence-corrected chi connectivity index (χ2v) is 4.58. The Morgan fingerprint density at radius 2 is 1.85 bits per heavy atom. The number of carbonyl (C=O) groups is 3. The van der Waals surface area contributed by atoms with Crippen LogP contribution in [0.4, 0.5) is 0 Å². The maximum absolute atomic E-state index is 11.5. The first-order valence-corrected chi connectivity index (χ1v) is 6.87. The van der Waals surface area contributed by atoms with E-state index in [1.807, 2.05) is 0 Å². The van der Waals surface area contributed by atoms with Gasteiger partial charge in [-0.1, -0.05) is 0 Å². The molecule has 0 rings (SSSR count). The summed E-state index contributed by atoms with van der Waals surface area (Å²) in [5.74, 6) is -0.848. The van der Waals surface area contributed by atoms with E-state index in [0.717, 1.165) is 0 Å². The van der Waals surface area contributed by atoms with Crippen LogP contribution in [0.15, 0.2) is 0 Å². The number of ether oxygens (including phenoxy) is 1. The van der Waals surface area contributed by atoms with E-state index < -0.39 is 18.1 Å². The summed E-state index contributed by atoms with van der Waals surface area (Å²) in [4.78, 5) is 34.0. The second kappa shape index (κ2) is 10.2. The van der Waals surface area contributed by atoms with Crippen LogP contribution in [0.5, 0.6) is 0 Å². The van der Waals surface area contributed by atoms with E-state index >= 15 is 0 Å². The van der Waals surface area contributed by atoms with E-state index in [1.54, 1.807) is 20.8 Å². The number of hydrogen-bond acceptors (Lipinski definition) is 5. The number of amides is 2. The minimum absolute atomic E-state index is 0.203. The molecule has 2 atom stereocenters. The minimum Gasteiger partial charge on any atom is -0.464 e. The molecule has 4 N–H and O–H groups in total. The summed E-state index contributed by atoms with van der Waals surface area (Å²) in [7, 11) is 0. The fraction of sp³-hybridized carbons (Fsp3) is 0.769. The van der Waals surface area contributed by atoms with Gasteiger partial charge in [-0.2, -0.15) is 0 Å². The summed E-state index contributed by atoms with van der Waals surface area (Å²) in [6.45, 7) is 5.68. The van der Waals surface area contributed by atoms with Crippen LogP contribution in [0.2, 0.25) is 0 Å². The lowest BCUT2D eigenvalue weighted by atomic mass is 10.2. The maximum atomic E-state index is 11.5. The van der Waals surface area contributed by atoms with Gasteiger partial charge in [0.2, 0.25) is 11.8 Å². The Hall–Kier alpha value is -1.63. The average molecular weight is 287 g/mol. The number of esters is 1. The van der Waals surface area contributed by atoms with Gasteiger partial charge in [0, 0.05) is 13.0 Å². The SMILES string of the molecule is CCOC(=O)C(C)NC(=O)CCCCNC(=O)C(C)N. The highest BCUT2D eigenvalue weighted by Gasteiger charge is 2.15. The van der Waals surface area contributed by atoms with Crippen molar-refractivity contribution >= 4 is 17.8 Å². The molecule has 0 heterocycles. The molecule has 7 heteroatoms. The summed E-state index contributed by atoms with van der Waals surface area (Å²) in [5.41, 5.74) is 5.39. The van der Waals surface area contributed by atoms with Crippen LogP contribution in [0.1, 0.15) is 40.0 Å². The third-order valence-corrected chi connectivity index (χ3v) is 2.56. The Kier molecular flexibility index (Phi) is 9.36. The van der Waals surface area contributed by atoms with E-state index in [1.165, 1.54) is 0 Å². The normalized spacial score (nSPS) is 13.2. The molecule has 2 amide bonds. The van der Waals surface area contributed by atoms with Crippen molar-refractivity contribution in [3.05, 3.63) is 0 Å². The molecule has 0 spiro atoms. The highest BCUT2D eigenvalue weighted by molar-refractivity contribution is 5.84. The quantitative estimate of drug-likeness (QED) is 0.398. The van der Waals surface area contributed by atoms with Gasteiger partial charge in [0.15, 0.2) is 0 Å². The zero-order valence-corrected chi connectivity index (χ0v) is 12.4. The van der Waals surface area contributed by atoms with Crippen LogP contribution in [0.3, 0.4) is 0 Å². The van der Waals surface area contributed by atoms with Crippen molar-refractivity contribution in [3.63, 3.8) is 0 Å². The zero-order chi connectivity index (χ0) is 15.5. The van der Waals surface area contributed by atoms with Crippen molar-refractivity contribution in [1.82, 2.24) is 10.6 Å². The van der Waals surface area contributed by atoms with Gasteiger partial charge in [-0.05, 0) is 33.6 Å². The Morgan fingerprint density at radius 1 is 1.20 bits per heavy atom. The lowest BCUT2D eigenvalue weighted by molar-refractivity contribution is -0.146. The fourth-order valence-corrected chi connectivity index (χ4v) is 1.42. The molecule has 0 bridgehead atoms. The lowest BCUT2D eigenvalue weighted by Crippen LogP contribution is -2.40. The van der Waals surface area contributed by atoms with Crippen LogP contribution in [0, 0.1) is 0 Å². The van der Waals surface area contributed by atoms with Crippen molar-refractivity contribution in [3.8, 4) is 0 Å². The van der Waals surface area contributed by atoms with Crippen LogP contribution in [-0.4, -0.2) is 43.0 Å². The molecule has 0 saturated heterocycles. The van der Waals surface area contributed by atoms with Crippen LogP contribution >= 0.6 is 0 Å². The number of nitrogens with two attached hydrogens (primary N) is 1. The summed E-state index contributed by atoms with van der Waals surface area (Å²) < 4.78 is 4.78. The van der Waals surface area contributed by atoms with E-state index in [0.29, 0.717) is 25.8 Å². The fourth-order valence-electron chi connectivity index (χ4n) is 1.42. The molecule has 0 aromatic carbocycles. The van der Waals surface area contributed by atoms with E-state index in [9.17, 15) is 14.4 Å². The van der Waals surface area contributed by atoms with Gasteiger partial charge in [0.05, 0.1) is 12.6 Å². The molecule has 116 valence electrons. The largest absolute Gasteiger partial charge is 0.464 e. The average Bonchev–Trinajstić information content (AvgIpc) is 2.38. The lowest BCUT2D eigenvalue weighted by Gasteiger charge is -2.12. The molecule has 0 aliphatic heterocycles. The first kappa shape index (κ1) is 18.4. The number of carbonyl (C=O) groups excluding carboxylic acids is 3. The molecule has 0 aliphatic carbocycles. The van der Waals surface area contributed by atoms with Crippen molar-refractivity contribution in [2.45, 2.75) is 52.1 Å². The van der Waals surface area contributed by atoms with Crippen LogP contribution < -0.4 is 16.4 Å². The molecule has 0 radical (unpaired) electrons. The van der Waals surface area contributed by atoms with Gasteiger partial charge in [-0.25, -0.2) is 4.79 Å². The molecule has 20 heavy (non-hydrogen) atoms. The smallest absolute Gasteiger partial charge is 0.328 e. The van der Waals surface area contributed by atoms with E-state index in [4.69, 9.17) is 10.5 Å². The summed E-state index contributed by atoms with van der Waals surface area (Å²) >= 11 is 0. The predicted molar refractivity (Wildman–Crippen MR) is 74.7 cm³/mol. The molecule has 7 nitrogen and oxygen atoms in total. The van der Waals surface area contributed by atoms with Crippen molar-refractivity contribution in [2.75, 3.05) is 13.2 Å². The molecular weight excluding hydrogens is 262 g/mol. The zero-order valence-electron chi connectivity index (χ0n) is 12.4. The van der Waals surface area contributed by atoms with E-state index in [2.05, 4.69) is 10.6 Å². The molecule has 0 aromatic rings. The monoisotopic (exact) mass is 287 g/mol. The van der Waals surface area contributed by atoms with Gasteiger partial charge < -0.3 is 21.1 Å². The maximum Gasteiger partial charge on any atom is 0.328 e. The first-order chi connectivity index (χ1) is 9.38. The molecule has 2 unspecified atom stereocenters. The van der Waals surface area contributed by atoms with Crippen molar-refractivity contribution in [1.29, 1.82) is 0 Å². The third kappa shape index (κ3) is 8.47. The van der Waals surface area contributed by atoms with Crippen molar-refractivity contribution in [2.24, 2.45) is 5.73 Å². The molecule has 0 fully saturated rings. The predicted octanol–water partition coefficient (Wildman–Crippen LogP) is -0.312. The number of hydrogen-bond donors (Lipinski definition) is 3. The summed E-state index contributed by atoms with van der Waals surface area (Å²) in [6.07, 6.45) is 1.61. The number of unbranched alkanes of at least 4 members (excludes halogenated alkanes) is 1. The highest BCUT2D eigenvalue weighted by Crippen LogP contribution is 1.96. The van der Waals surface area contributed by atoms with Gasteiger partial charge in [0.1, 0.15) is 6.04 Å². The van der Waals surface area contributed by atoms with E-state index in [-0.39, 0.29) is 18.4 Å². The van der Waals surface area contributed by atoms with Gasteiger partial charge in [-0.3, -0.25) is 9.59 Å². The Morgan fingerprint density at radius 3 is 2.40 bits per heavy atom. The Bertz CT molecular complexity index is 332. The second-order valence-electron chi connectivity index (χ2n) is 4.58. The number of nitrogens with one attached hydrogen (secondary N) is 2. The Balaban J connectivity index is 3.69. The standard InChI is InChI=1S/C13H25N3O4/c1-4-20-13(19)10(3)16-11(17)7-5-6-8-15-12(18)9(2)14/h9-10H,4-8,14H2,1-3H3,(H,15,18)(H,16,17). The molecule has 0 aromatic heterocycles. The van der Waals surface area contributed by atoms with Gasteiger partial charge >= 0.3 is 5.97 Å². The molecular formula is C13H25N3O4. The van der Waals surface area contributed by atoms with Crippen LogP contribution in [-0.2, 0) is 19.1 Å². The topological polar surface area (TPSA) is 111 Å². The Labute approximate surface area is 119 Å². The first-order valence-electron chi connectivity index (χ1n) is 6.87. The van der Waals surface area contributed by atoms with Crippen molar-refractivity contribution < 1.29 is 19.1 Å².